The van der Waals surface area contributed by atoms with Gasteiger partial charge in [-0.25, -0.2) is 9.59 Å². The Kier molecular flexibility index (Phi) is 8.28. The van der Waals surface area contributed by atoms with Crippen LogP contribution in [0.5, 0.6) is 11.5 Å². The van der Waals surface area contributed by atoms with Crippen molar-refractivity contribution in [1.29, 1.82) is 0 Å². The number of fused-ring (bicyclic) bond motifs is 8. The molecule has 0 aliphatic rings. The van der Waals surface area contributed by atoms with Crippen molar-refractivity contribution < 1.29 is 29.3 Å². The van der Waals surface area contributed by atoms with E-state index in [1.807, 2.05) is 115 Å². The van der Waals surface area contributed by atoms with Gasteiger partial charge in [-0.1, -0.05) is 114 Å². The number of ether oxygens (including phenoxy) is 2. The van der Waals surface area contributed by atoms with Crippen LogP contribution in [0.2, 0.25) is 0 Å². The molecule has 61 heavy (non-hydrogen) atoms. The fourth-order valence-electron chi connectivity index (χ4n) is 8.27. The van der Waals surface area contributed by atoms with Gasteiger partial charge in [-0.05, 0) is 82.9 Å². The standard InChI is InChI=1S/C49H46N6O6/c1-47(2,29-60-45(58)31-17-21-37-39(25-31)52-50(37)54(52)41-27-35(19-23-43(41)56)48(3,4)33-13-9-7-10-14-33)30-61-46(59)32-18-22-38-40(26-32)53-51(38)55(53)42-28-36(20-24-44(42)57)49(5,6)34-15-11-8-12-16-34/h7-28,56-57H,29-30H2,1-6H3. The highest BCUT2D eigenvalue weighted by atomic mass is 16.5. The number of aromatic hydroxyl groups is 2. The fourth-order valence-corrected chi connectivity index (χ4v) is 8.27. The molecule has 2 N–H and O–H groups in total. The summed E-state index contributed by atoms with van der Waals surface area (Å²) in [5.74, 6) is -0.675. The number of hydrogen-bond acceptors (Lipinski definition) is 6. The largest absolute Gasteiger partial charge is 0.506 e. The molecule has 308 valence electrons. The van der Waals surface area contributed by atoms with Gasteiger partial charge in [-0.15, -0.1) is 28.1 Å². The number of benzene rings is 6. The molecule has 0 radical (unpaired) electrons. The van der Waals surface area contributed by atoms with E-state index in [0.29, 0.717) is 22.5 Å². The molecule has 12 nitrogen and oxygen atoms in total. The first-order chi connectivity index (χ1) is 29.2. The number of aromatic nitrogens is 6. The van der Waals surface area contributed by atoms with Crippen LogP contribution in [0.3, 0.4) is 0 Å². The van der Waals surface area contributed by atoms with E-state index in [-0.39, 0.29) is 35.5 Å². The van der Waals surface area contributed by atoms with Crippen LogP contribution >= 0.6 is 0 Å². The zero-order valence-electron chi connectivity index (χ0n) is 34.8. The molecular formula is C49H46N6O6. The molecule has 4 aromatic heterocycles. The second-order valence-corrected chi connectivity index (χ2v) is 17.8. The quantitative estimate of drug-likeness (QED) is 0.119. The SMILES string of the molecule is CC(C)(COC(=O)c1ccc2c(c1)n1n(-c3cc(C(C)(C)c4ccccc4)ccc3O)n21)COC(=O)c1ccc2c(c1)n1n(-c3cc(C(C)(C)c4ccccc4)ccc3O)n21. The van der Waals surface area contributed by atoms with Crippen LogP contribution in [0.25, 0.3) is 33.4 Å². The predicted octanol–water partition coefficient (Wildman–Crippen LogP) is 9.26. The van der Waals surface area contributed by atoms with Crippen molar-refractivity contribution in [2.24, 2.45) is 5.41 Å². The van der Waals surface area contributed by atoms with E-state index in [2.05, 4.69) is 52.0 Å². The molecular weight excluding hydrogens is 769 g/mol. The Morgan fingerprint density at radius 3 is 1.23 bits per heavy atom. The first kappa shape index (κ1) is 37.9. The van der Waals surface area contributed by atoms with Gasteiger partial charge in [0.05, 0.1) is 24.3 Å². The van der Waals surface area contributed by atoms with Gasteiger partial charge in [0.2, 0.25) is 0 Å². The van der Waals surface area contributed by atoms with E-state index >= 15 is 0 Å². The first-order valence-corrected chi connectivity index (χ1v) is 20.4. The lowest BCUT2D eigenvalue weighted by Crippen LogP contribution is -2.28. The second-order valence-electron chi connectivity index (χ2n) is 17.8. The van der Waals surface area contributed by atoms with Gasteiger partial charge in [0.25, 0.3) is 0 Å². The van der Waals surface area contributed by atoms with Crippen LogP contribution in [-0.2, 0) is 20.3 Å². The topological polar surface area (TPSA) is 121 Å². The number of phenolic OH excluding ortho intramolecular Hbond substituents is 2. The fraction of sp³-hybridized carbons (Fsp3) is 0.224. The minimum absolute atomic E-state index is 0.0293. The number of hydrogen-bond donors (Lipinski definition) is 2. The van der Waals surface area contributed by atoms with Crippen molar-refractivity contribution in [3.8, 4) is 22.9 Å². The maximum absolute atomic E-state index is 13.3. The molecule has 0 aliphatic heterocycles. The summed E-state index contributed by atoms with van der Waals surface area (Å²) in [6, 6.07) is 42.6. The second kappa shape index (κ2) is 13.3. The van der Waals surface area contributed by atoms with Crippen LogP contribution in [0.1, 0.15) is 84.5 Å². The third-order valence-electron chi connectivity index (χ3n) is 12.3. The Balaban J connectivity index is 0.787. The maximum Gasteiger partial charge on any atom is 0.338 e. The van der Waals surface area contributed by atoms with Crippen molar-refractivity contribution in [1.82, 2.24) is 28.1 Å². The molecule has 10 rings (SSSR count). The highest BCUT2D eigenvalue weighted by Crippen LogP contribution is 2.39. The van der Waals surface area contributed by atoms with E-state index in [0.717, 1.165) is 33.2 Å². The normalized spacial score (nSPS) is 12.8. The van der Waals surface area contributed by atoms with Gasteiger partial charge in [0.15, 0.2) is 0 Å². The molecule has 0 aliphatic carbocycles. The third-order valence-corrected chi connectivity index (χ3v) is 12.3. The summed E-state index contributed by atoms with van der Waals surface area (Å²) in [7, 11) is 0. The smallest absolute Gasteiger partial charge is 0.338 e. The Bertz CT molecular complexity index is 3020. The Morgan fingerprint density at radius 1 is 0.459 bits per heavy atom. The monoisotopic (exact) mass is 814 g/mol. The third kappa shape index (κ3) is 6.12. The number of phenols is 2. The molecule has 10 aromatic rings. The zero-order valence-corrected chi connectivity index (χ0v) is 34.8. The van der Waals surface area contributed by atoms with Crippen LogP contribution in [-0.4, -0.2) is 63.5 Å². The molecule has 4 heterocycles. The maximum atomic E-state index is 13.3. The van der Waals surface area contributed by atoms with Crippen molar-refractivity contribution >= 4 is 34.0 Å². The molecule has 0 amide bonds. The first-order valence-electron chi connectivity index (χ1n) is 20.4. The Labute approximate surface area is 351 Å². The van der Waals surface area contributed by atoms with E-state index < -0.39 is 17.4 Å². The van der Waals surface area contributed by atoms with E-state index in [1.165, 1.54) is 11.1 Å². The van der Waals surface area contributed by atoms with Crippen LogP contribution < -0.4 is 0 Å². The Morgan fingerprint density at radius 2 is 0.836 bits per heavy atom. The van der Waals surface area contributed by atoms with Crippen molar-refractivity contribution in [3.63, 3.8) is 0 Å². The lowest BCUT2D eigenvalue weighted by molar-refractivity contribution is 0.00616. The zero-order chi connectivity index (χ0) is 42.6. The number of carbonyl (C=O) groups is 2. The van der Waals surface area contributed by atoms with Crippen LogP contribution in [0.4, 0.5) is 0 Å². The highest BCUT2D eigenvalue weighted by Gasteiger charge is 2.32. The lowest BCUT2D eigenvalue weighted by Gasteiger charge is -2.26. The number of carbonyl (C=O) groups excluding carboxylic acids is 2. The number of esters is 2. The predicted molar refractivity (Wildman–Crippen MR) is 233 cm³/mol. The van der Waals surface area contributed by atoms with E-state index in [4.69, 9.17) is 9.47 Å². The summed E-state index contributed by atoms with van der Waals surface area (Å²) < 4.78 is 19.2. The van der Waals surface area contributed by atoms with Gasteiger partial charge >= 0.3 is 11.9 Å². The van der Waals surface area contributed by atoms with Crippen molar-refractivity contribution in [2.75, 3.05) is 13.2 Å². The molecule has 12 heteroatoms. The van der Waals surface area contributed by atoms with Gasteiger partial charge in [0, 0.05) is 16.2 Å². The van der Waals surface area contributed by atoms with Gasteiger partial charge in [-0.3, -0.25) is 0 Å². The van der Waals surface area contributed by atoms with Crippen LogP contribution in [0.15, 0.2) is 133 Å². The number of nitrogens with zero attached hydrogens (tertiary/aromatic N) is 6. The number of rotatable bonds is 12. The van der Waals surface area contributed by atoms with E-state index in [1.54, 1.807) is 36.4 Å². The van der Waals surface area contributed by atoms with Gasteiger partial charge in [-0.2, -0.15) is 0 Å². The molecule has 0 bridgehead atoms. The van der Waals surface area contributed by atoms with Crippen molar-refractivity contribution in [2.45, 2.75) is 52.4 Å². The highest BCUT2D eigenvalue weighted by molar-refractivity contribution is 5.95. The average Bonchev–Trinajstić information content (AvgIpc) is 4.13. The summed E-state index contributed by atoms with van der Waals surface area (Å²) in [4.78, 5) is 30.4. The summed E-state index contributed by atoms with van der Waals surface area (Å²) in [6.45, 7) is 12.5. The molecule has 0 unspecified atom stereocenters. The average molecular weight is 815 g/mol. The molecule has 0 saturated carbocycles. The summed E-state index contributed by atoms with van der Waals surface area (Å²) >= 11 is 0. The summed E-state index contributed by atoms with van der Waals surface area (Å²) in [5.41, 5.74) is 8.71. The molecule has 0 fully saturated rings. The minimum Gasteiger partial charge on any atom is -0.506 e. The van der Waals surface area contributed by atoms with E-state index in [9.17, 15) is 19.8 Å². The minimum atomic E-state index is -0.668. The van der Waals surface area contributed by atoms with Gasteiger partial charge in [0.1, 0.15) is 44.9 Å². The van der Waals surface area contributed by atoms with Crippen molar-refractivity contribution in [3.05, 3.63) is 167 Å². The Hall–Kier alpha value is -7.34. The summed E-state index contributed by atoms with van der Waals surface area (Å²) in [6.07, 6.45) is 0. The molecule has 0 saturated heterocycles. The van der Waals surface area contributed by atoms with Gasteiger partial charge < -0.3 is 19.7 Å². The molecule has 0 atom stereocenters. The molecule has 0 spiro atoms. The lowest BCUT2D eigenvalue weighted by atomic mass is 9.78. The van der Waals surface area contributed by atoms with Crippen LogP contribution in [0, 0.1) is 5.41 Å². The summed E-state index contributed by atoms with van der Waals surface area (Å²) in [5, 5.41) is 21.8. The molecule has 6 aromatic carbocycles.